The van der Waals surface area contributed by atoms with Gasteiger partial charge in [0.2, 0.25) is 11.9 Å². The number of hydrogen-bond donors (Lipinski definition) is 2. The Kier molecular flexibility index (Phi) is 5.25. The minimum atomic E-state index is -0.307. The van der Waals surface area contributed by atoms with Gasteiger partial charge in [-0.3, -0.25) is 9.69 Å². The van der Waals surface area contributed by atoms with Gasteiger partial charge in [-0.2, -0.15) is 15.0 Å². The highest BCUT2D eigenvalue weighted by molar-refractivity contribution is 5.71. The lowest BCUT2D eigenvalue weighted by atomic mass is 10.4. The molecule has 1 aromatic heterocycles. The molecule has 1 rings (SSSR count). The summed E-state index contributed by atoms with van der Waals surface area (Å²) in [4.78, 5) is 24.7. The van der Waals surface area contributed by atoms with Gasteiger partial charge in [-0.15, -0.1) is 0 Å². The van der Waals surface area contributed by atoms with E-state index in [-0.39, 0.29) is 24.4 Å². The quantitative estimate of drug-likeness (QED) is 0.647. The van der Waals surface area contributed by atoms with Crippen molar-refractivity contribution in [3.63, 3.8) is 0 Å². The third kappa shape index (κ3) is 4.50. The summed E-state index contributed by atoms with van der Waals surface area (Å²) in [7, 11) is 1.35. The van der Waals surface area contributed by atoms with Crippen LogP contribution in [0, 0.1) is 0 Å². The molecule has 0 aliphatic heterocycles. The van der Waals surface area contributed by atoms with Gasteiger partial charge >= 0.3 is 5.97 Å². The van der Waals surface area contributed by atoms with E-state index in [4.69, 9.17) is 11.5 Å². The number of rotatable bonds is 6. The molecule has 8 nitrogen and oxygen atoms in total. The maximum atomic E-state index is 11.3. The Morgan fingerprint density at radius 2 is 1.89 bits per heavy atom. The molecular formula is C10H18N6O2. The van der Waals surface area contributed by atoms with Gasteiger partial charge in [-0.1, -0.05) is 6.92 Å². The molecule has 0 bridgehead atoms. The molecule has 0 saturated carbocycles. The number of hydrogen-bond acceptors (Lipinski definition) is 8. The van der Waals surface area contributed by atoms with E-state index in [1.807, 2.05) is 11.8 Å². The zero-order valence-electron chi connectivity index (χ0n) is 10.6. The first-order valence-corrected chi connectivity index (χ1v) is 5.60. The van der Waals surface area contributed by atoms with Crippen molar-refractivity contribution in [1.29, 1.82) is 0 Å². The van der Waals surface area contributed by atoms with Gasteiger partial charge in [-0.25, -0.2) is 0 Å². The van der Waals surface area contributed by atoms with Crippen molar-refractivity contribution in [3.05, 3.63) is 5.82 Å². The molecule has 0 unspecified atom stereocenters. The molecule has 18 heavy (non-hydrogen) atoms. The Labute approximate surface area is 105 Å². The van der Waals surface area contributed by atoms with E-state index in [9.17, 15) is 4.79 Å². The number of ether oxygens (including phenoxy) is 1. The highest BCUT2D eigenvalue weighted by Gasteiger charge is 2.13. The van der Waals surface area contributed by atoms with Crippen LogP contribution in [0.3, 0.4) is 0 Å². The second-order valence-electron chi connectivity index (χ2n) is 3.75. The van der Waals surface area contributed by atoms with E-state index in [2.05, 4.69) is 19.7 Å². The summed E-state index contributed by atoms with van der Waals surface area (Å²) in [5.41, 5.74) is 11.0. The minimum Gasteiger partial charge on any atom is -0.468 e. The van der Waals surface area contributed by atoms with Crippen molar-refractivity contribution in [2.45, 2.75) is 19.9 Å². The maximum Gasteiger partial charge on any atom is 0.319 e. The lowest BCUT2D eigenvalue weighted by Crippen LogP contribution is -2.31. The number of anilines is 2. The first-order valence-electron chi connectivity index (χ1n) is 5.60. The monoisotopic (exact) mass is 254 g/mol. The van der Waals surface area contributed by atoms with Crippen molar-refractivity contribution in [1.82, 2.24) is 19.9 Å². The van der Waals surface area contributed by atoms with E-state index in [0.29, 0.717) is 12.4 Å². The van der Waals surface area contributed by atoms with Crippen molar-refractivity contribution < 1.29 is 9.53 Å². The fourth-order valence-corrected chi connectivity index (χ4v) is 1.50. The molecule has 0 fully saturated rings. The molecule has 0 aliphatic carbocycles. The Balaban J connectivity index is 2.72. The van der Waals surface area contributed by atoms with Gasteiger partial charge in [0.15, 0.2) is 0 Å². The first-order chi connectivity index (χ1) is 8.55. The van der Waals surface area contributed by atoms with E-state index in [1.54, 1.807) is 0 Å². The number of nitrogens with zero attached hydrogens (tertiary/aromatic N) is 4. The molecule has 1 aromatic rings. The zero-order chi connectivity index (χ0) is 13.5. The van der Waals surface area contributed by atoms with Crippen LogP contribution in [0.15, 0.2) is 0 Å². The Morgan fingerprint density at radius 1 is 1.28 bits per heavy atom. The van der Waals surface area contributed by atoms with Crippen LogP contribution in [0.4, 0.5) is 11.9 Å². The third-order valence-corrected chi connectivity index (χ3v) is 2.20. The van der Waals surface area contributed by atoms with Crippen LogP contribution in [0.1, 0.15) is 19.2 Å². The van der Waals surface area contributed by atoms with Crippen molar-refractivity contribution in [2.24, 2.45) is 0 Å². The van der Waals surface area contributed by atoms with Gasteiger partial charge < -0.3 is 16.2 Å². The number of nitrogen functional groups attached to an aromatic ring is 2. The molecule has 4 N–H and O–H groups in total. The summed E-state index contributed by atoms with van der Waals surface area (Å²) in [6.07, 6.45) is 0.896. The Bertz CT molecular complexity index is 391. The summed E-state index contributed by atoms with van der Waals surface area (Å²) in [5, 5.41) is 0. The Hall–Kier alpha value is -1.96. The summed E-state index contributed by atoms with van der Waals surface area (Å²) in [6.45, 7) is 3.29. The maximum absolute atomic E-state index is 11.3. The molecular weight excluding hydrogens is 236 g/mol. The molecule has 0 radical (unpaired) electrons. The normalized spacial score (nSPS) is 10.6. The van der Waals surface area contributed by atoms with Crippen molar-refractivity contribution in [3.8, 4) is 0 Å². The molecule has 0 saturated heterocycles. The van der Waals surface area contributed by atoms with Crippen LogP contribution in [0.5, 0.6) is 0 Å². The van der Waals surface area contributed by atoms with Crippen LogP contribution in [-0.2, 0) is 16.1 Å². The molecule has 0 amide bonds. The summed E-state index contributed by atoms with van der Waals surface area (Å²) < 4.78 is 4.63. The van der Waals surface area contributed by atoms with Gasteiger partial charge in [0.05, 0.1) is 20.2 Å². The molecule has 0 spiro atoms. The minimum absolute atomic E-state index is 0.0759. The lowest BCUT2D eigenvalue weighted by Gasteiger charge is -2.19. The second-order valence-corrected chi connectivity index (χ2v) is 3.75. The SMILES string of the molecule is CCCN(CC(=O)OC)Cc1nc(N)nc(N)n1. The second kappa shape index (κ2) is 6.70. The highest BCUT2D eigenvalue weighted by Crippen LogP contribution is 2.04. The smallest absolute Gasteiger partial charge is 0.319 e. The molecule has 0 aliphatic rings. The fourth-order valence-electron chi connectivity index (χ4n) is 1.50. The molecule has 0 aromatic carbocycles. The highest BCUT2D eigenvalue weighted by atomic mass is 16.5. The fraction of sp³-hybridized carbons (Fsp3) is 0.600. The Morgan fingerprint density at radius 3 is 2.39 bits per heavy atom. The zero-order valence-corrected chi connectivity index (χ0v) is 10.6. The van der Waals surface area contributed by atoms with E-state index in [0.717, 1.165) is 13.0 Å². The van der Waals surface area contributed by atoms with Crippen molar-refractivity contribution >= 4 is 17.9 Å². The van der Waals surface area contributed by atoms with Crippen LogP contribution >= 0.6 is 0 Å². The average molecular weight is 254 g/mol. The number of carbonyl (C=O) groups is 1. The topological polar surface area (TPSA) is 120 Å². The summed E-state index contributed by atoms with van der Waals surface area (Å²) >= 11 is 0. The van der Waals surface area contributed by atoms with Gasteiger partial charge in [-0.05, 0) is 13.0 Å². The molecule has 0 atom stereocenters. The average Bonchev–Trinajstić information content (AvgIpc) is 2.27. The standard InChI is InChI=1S/C10H18N6O2/c1-3-4-16(6-8(17)18-2)5-7-13-9(11)15-10(12)14-7/h3-6H2,1-2H3,(H4,11,12,13,14,15). The predicted octanol–water partition coefficient (Wildman–Crippen LogP) is -0.579. The van der Waals surface area contributed by atoms with Gasteiger partial charge in [0.25, 0.3) is 0 Å². The number of nitrogens with two attached hydrogens (primary N) is 2. The van der Waals surface area contributed by atoms with Crippen molar-refractivity contribution in [2.75, 3.05) is 31.7 Å². The lowest BCUT2D eigenvalue weighted by molar-refractivity contribution is -0.142. The number of methoxy groups -OCH3 is 1. The van der Waals surface area contributed by atoms with E-state index >= 15 is 0 Å². The van der Waals surface area contributed by atoms with Crippen LogP contribution in [0.2, 0.25) is 0 Å². The van der Waals surface area contributed by atoms with Gasteiger partial charge in [0, 0.05) is 0 Å². The molecule has 1 heterocycles. The van der Waals surface area contributed by atoms with E-state index < -0.39 is 0 Å². The van der Waals surface area contributed by atoms with E-state index in [1.165, 1.54) is 7.11 Å². The molecule has 100 valence electrons. The van der Waals surface area contributed by atoms with Crippen LogP contribution in [-0.4, -0.2) is 46.0 Å². The summed E-state index contributed by atoms with van der Waals surface area (Å²) in [6, 6.07) is 0. The van der Waals surface area contributed by atoms with Gasteiger partial charge in [0.1, 0.15) is 5.82 Å². The predicted molar refractivity (Wildman–Crippen MR) is 66.2 cm³/mol. The molecule has 8 heteroatoms. The number of carbonyl (C=O) groups excluding carboxylic acids is 1. The number of aromatic nitrogens is 3. The third-order valence-electron chi connectivity index (χ3n) is 2.20. The summed E-state index contributed by atoms with van der Waals surface area (Å²) in [5.74, 6) is 0.287. The first kappa shape index (κ1) is 14.1. The van der Waals surface area contributed by atoms with Crippen LogP contribution < -0.4 is 11.5 Å². The van der Waals surface area contributed by atoms with Crippen LogP contribution in [0.25, 0.3) is 0 Å². The largest absolute Gasteiger partial charge is 0.468 e. The number of esters is 1.